The Morgan fingerprint density at radius 2 is 1.48 bits per heavy atom. The highest BCUT2D eigenvalue weighted by atomic mass is 16.5. The zero-order valence-electron chi connectivity index (χ0n) is 17.3. The van der Waals surface area contributed by atoms with Crippen molar-refractivity contribution in [3.05, 3.63) is 70.8 Å². The van der Waals surface area contributed by atoms with Crippen LogP contribution in [0.3, 0.4) is 0 Å². The van der Waals surface area contributed by atoms with Gasteiger partial charge in [-0.2, -0.15) is 0 Å². The van der Waals surface area contributed by atoms with E-state index in [0.29, 0.717) is 11.8 Å². The number of hydrogen-bond acceptors (Lipinski definition) is 2. The summed E-state index contributed by atoms with van der Waals surface area (Å²) >= 11 is 0. The van der Waals surface area contributed by atoms with Crippen LogP contribution in [0.4, 0.5) is 0 Å². The number of hydrogen-bond donors (Lipinski definition) is 0. The van der Waals surface area contributed by atoms with E-state index in [0.717, 1.165) is 39.3 Å². The third kappa shape index (κ3) is 2.36. The summed E-state index contributed by atoms with van der Waals surface area (Å²) in [5.41, 5.74) is 8.49. The Labute approximate surface area is 172 Å². The van der Waals surface area contributed by atoms with Crippen molar-refractivity contribution in [2.24, 2.45) is 11.8 Å². The highest BCUT2D eigenvalue weighted by molar-refractivity contribution is 6.03. The van der Waals surface area contributed by atoms with Crippen LogP contribution in [-0.2, 0) is 14.9 Å². The summed E-state index contributed by atoms with van der Waals surface area (Å²) in [5.74, 6) is 0.987. The first-order valence-electron chi connectivity index (χ1n) is 11.0. The fourth-order valence-electron chi connectivity index (χ4n) is 6.51. The summed E-state index contributed by atoms with van der Waals surface area (Å²) in [6, 6.07) is 18.8. The molecule has 29 heavy (non-hydrogen) atoms. The van der Waals surface area contributed by atoms with E-state index in [2.05, 4.69) is 62.4 Å². The van der Waals surface area contributed by atoms with Gasteiger partial charge in [0.05, 0.1) is 13.2 Å². The Balaban J connectivity index is 1.80. The number of benzene rings is 3. The van der Waals surface area contributed by atoms with Gasteiger partial charge in [0, 0.05) is 18.6 Å². The van der Waals surface area contributed by atoms with Crippen LogP contribution in [0.1, 0.15) is 35.1 Å². The third-order valence-electron chi connectivity index (χ3n) is 7.63. The Morgan fingerprint density at radius 3 is 2.17 bits per heavy atom. The van der Waals surface area contributed by atoms with Crippen molar-refractivity contribution < 1.29 is 9.47 Å². The minimum atomic E-state index is -0.0347. The van der Waals surface area contributed by atoms with Gasteiger partial charge in [-0.15, -0.1) is 0 Å². The zero-order chi connectivity index (χ0) is 19.6. The number of rotatable bonds is 2. The van der Waals surface area contributed by atoms with Crippen molar-refractivity contribution in [1.29, 1.82) is 0 Å². The number of ether oxygens (including phenoxy) is 2. The Hall–Kier alpha value is -2.16. The predicted octanol–water partition coefficient (Wildman–Crippen LogP) is 5.80. The molecule has 2 fully saturated rings. The van der Waals surface area contributed by atoms with Gasteiger partial charge < -0.3 is 9.47 Å². The third-order valence-corrected chi connectivity index (χ3v) is 7.63. The first-order chi connectivity index (χ1) is 14.2. The lowest BCUT2D eigenvalue weighted by Crippen LogP contribution is -2.46. The molecule has 2 heteroatoms. The second-order valence-electron chi connectivity index (χ2n) is 9.26. The predicted molar refractivity (Wildman–Crippen MR) is 117 cm³/mol. The van der Waals surface area contributed by atoms with E-state index in [9.17, 15) is 0 Å². The van der Waals surface area contributed by atoms with Gasteiger partial charge in [0.2, 0.25) is 0 Å². The van der Waals surface area contributed by atoms with Gasteiger partial charge in [0.1, 0.15) is 0 Å². The molecule has 2 unspecified atom stereocenters. The normalized spacial score (nSPS) is 28.1. The molecule has 0 radical (unpaired) electrons. The Bertz CT molecular complexity index is 1080. The van der Waals surface area contributed by atoms with Crippen LogP contribution in [0.15, 0.2) is 48.5 Å². The maximum Gasteiger partial charge on any atom is 0.0507 e. The molecule has 2 nitrogen and oxygen atoms in total. The van der Waals surface area contributed by atoms with Crippen LogP contribution < -0.4 is 0 Å². The average molecular weight is 385 g/mol. The lowest BCUT2D eigenvalue weighted by Gasteiger charge is -2.48. The fourth-order valence-corrected chi connectivity index (χ4v) is 6.51. The Morgan fingerprint density at radius 1 is 0.759 bits per heavy atom. The van der Waals surface area contributed by atoms with Crippen LogP contribution in [0.25, 0.3) is 21.9 Å². The summed E-state index contributed by atoms with van der Waals surface area (Å²) in [6.45, 7) is 7.92. The molecule has 148 valence electrons. The fraction of sp³-hybridized carbons (Fsp3) is 0.407. The van der Waals surface area contributed by atoms with E-state index in [1.165, 1.54) is 44.2 Å². The van der Waals surface area contributed by atoms with Crippen molar-refractivity contribution >= 4 is 10.8 Å². The molecule has 3 aromatic carbocycles. The lowest BCUT2D eigenvalue weighted by molar-refractivity contribution is 0.129. The van der Waals surface area contributed by atoms with E-state index in [-0.39, 0.29) is 5.41 Å². The molecule has 0 N–H and O–H groups in total. The molecule has 6 rings (SSSR count). The average Bonchev–Trinajstić information content (AvgIpc) is 3.43. The molecule has 0 amide bonds. The molecule has 2 atom stereocenters. The van der Waals surface area contributed by atoms with E-state index in [4.69, 9.17) is 9.47 Å². The molecule has 3 aliphatic rings. The highest BCUT2D eigenvalue weighted by Crippen LogP contribution is 2.58. The molecule has 0 bridgehead atoms. The summed E-state index contributed by atoms with van der Waals surface area (Å²) in [4.78, 5) is 0. The lowest BCUT2D eigenvalue weighted by atomic mass is 9.54. The number of fused-ring (bicyclic) bond motifs is 2. The minimum Gasteiger partial charge on any atom is -0.381 e. The second kappa shape index (κ2) is 6.42. The molecule has 2 aliphatic heterocycles. The van der Waals surface area contributed by atoms with Gasteiger partial charge in [-0.1, -0.05) is 59.7 Å². The molecule has 0 spiro atoms. The summed E-state index contributed by atoms with van der Waals surface area (Å²) in [7, 11) is 0. The monoisotopic (exact) mass is 384 g/mol. The largest absolute Gasteiger partial charge is 0.381 e. The quantitative estimate of drug-likeness (QED) is 0.556. The van der Waals surface area contributed by atoms with E-state index >= 15 is 0 Å². The molecular weight excluding hydrogens is 356 g/mol. The van der Waals surface area contributed by atoms with Crippen molar-refractivity contribution in [2.45, 2.75) is 32.1 Å². The van der Waals surface area contributed by atoms with Gasteiger partial charge >= 0.3 is 0 Å². The topological polar surface area (TPSA) is 18.5 Å². The smallest absolute Gasteiger partial charge is 0.0507 e. The maximum absolute atomic E-state index is 6.01. The van der Waals surface area contributed by atoms with Gasteiger partial charge in [-0.25, -0.2) is 0 Å². The molecule has 2 heterocycles. The van der Waals surface area contributed by atoms with Gasteiger partial charge in [0.25, 0.3) is 0 Å². The molecule has 2 saturated heterocycles. The van der Waals surface area contributed by atoms with Gasteiger partial charge in [-0.05, 0) is 71.6 Å². The van der Waals surface area contributed by atoms with Crippen LogP contribution in [0.2, 0.25) is 0 Å². The zero-order valence-corrected chi connectivity index (χ0v) is 17.3. The summed E-state index contributed by atoms with van der Waals surface area (Å²) < 4.78 is 12.0. The molecular formula is C27H28O2. The van der Waals surface area contributed by atoms with E-state index in [1.54, 1.807) is 0 Å². The first kappa shape index (κ1) is 17.7. The van der Waals surface area contributed by atoms with Crippen molar-refractivity contribution in [1.82, 2.24) is 0 Å². The van der Waals surface area contributed by atoms with Crippen LogP contribution in [-0.4, -0.2) is 26.4 Å². The molecule has 0 saturated carbocycles. The maximum atomic E-state index is 6.01. The van der Waals surface area contributed by atoms with E-state index in [1.807, 2.05) is 0 Å². The molecule has 0 aromatic heterocycles. The van der Waals surface area contributed by atoms with E-state index < -0.39 is 0 Å². The Kier molecular flexibility index (Phi) is 3.91. The highest BCUT2D eigenvalue weighted by Gasteiger charge is 2.53. The molecule has 3 aromatic rings. The van der Waals surface area contributed by atoms with Crippen molar-refractivity contribution in [3.63, 3.8) is 0 Å². The van der Waals surface area contributed by atoms with Crippen LogP contribution in [0, 0.1) is 25.7 Å². The van der Waals surface area contributed by atoms with Crippen LogP contribution >= 0.6 is 0 Å². The standard InChI is InChI=1S/C27H28O2/c1-17-6-7-22-23-5-3-4-19-12-18(2)14-25(26(19)23)27(24(22)13-17,20-8-10-28-15-20)21-9-11-29-16-21/h3-7,12-14,20-21H,8-11,15-16H2,1-2H3. The summed E-state index contributed by atoms with van der Waals surface area (Å²) in [6.07, 6.45) is 2.25. The van der Waals surface area contributed by atoms with Crippen molar-refractivity contribution in [2.75, 3.05) is 26.4 Å². The molecule has 1 aliphatic carbocycles. The number of aryl methyl sites for hydroxylation is 2. The van der Waals surface area contributed by atoms with Crippen LogP contribution in [0.5, 0.6) is 0 Å². The minimum absolute atomic E-state index is 0.0347. The van der Waals surface area contributed by atoms with Gasteiger partial charge in [-0.3, -0.25) is 0 Å². The first-order valence-corrected chi connectivity index (χ1v) is 11.0. The second-order valence-corrected chi connectivity index (χ2v) is 9.26. The summed E-state index contributed by atoms with van der Waals surface area (Å²) in [5, 5.41) is 2.82. The SMILES string of the molecule is Cc1ccc2c(c1)C(C1CCOC1)(C1CCOC1)c1cc(C)cc3cccc-2c13. The van der Waals surface area contributed by atoms with Gasteiger partial charge in [0.15, 0.2) is 0 Å². The van der Waals surface area contributed by atoms with Crippen molar-refractivity contribution in [3.8, 4) is 11.1 Å².